The highest BCUT2D eigenvalue weighted by Gasteiger charge is 2.18. The first-order chi connectivity index (χ1) is 13.2. The highest BCUT2D eigenvalue weighted by Crippen LogP contribution is 2.28. The minimum Gasteiger partial charge on any atom is -0.461 e. The first-order valence-corrected chi connectivity index (χ1v) is 10.6. The average Bonchev–Trinajstić information content (AvgIpc) is 3.04. The van der Waals surface area contributed by atoms with Gasteiger partial charge in [0.05, 0.1) is 11.4 Å². The van der Waals surface area contributed by atoms with Crippen molar-refractivity contribution >= 4 is 28.6 Å². The zero-order valence-corrected chi connectivity index (χ0v) is 16.8. The number of aryl methyl sites for hydroxylation is 1. The molecule has 2 heterocycles. The van der Waals surface area contributed by atoms with E-state index < -0.39 is 0 Å². The van der Waals surface area contributed by atoms with Crippen molar-refractivity contribution in [1.82, 2.24) is 9.88 Å². The molecule has 3 rings (SSSR count). The number of furan rings is 1. The first-order valence-electron chi connectivity index (χ1n) is 9.40. The molecule has 2 aromatic heterocycles. The number of thioether (sulfide) groups is 1. The van der Waals surface area contributed by atoms with Gasteiger partial charge in [-0.2, -0.15) is 0 Å². The van der Waals surface area contributed by atoms with Crippen molar-refractivity contribution < 1.29 is 9.21 Å². The van der Waals surface area contributed by atoms with E-state index in [0.717, 1.165) is 53.0 Å². The maximum atomic E-state index is 12.6. The number of aromatic nitrogens is 1. The Kier molecular flexibility index (Phi) is 6.93. The number of nitrogens with zero attached hydrogens (tertiary/aromatic N) is 2. The lowest BCUT2D eigenvalue weighted by molar-refractivity contribution is -0.127. The summed E-state index contributed by atoms with van der Waals surface area (Å²) in [5.74, 6) is 2.34. The summed E-state index contributed by atoms with van der Waals surface area (Å²) in [5.41, 5.74) is 3.05. The lowest BCUT2D eigenvalue weighted by Gasteiger charge is -2.17. The molecule has 0 spiro atoms. The van der Waals surface area contributed by atoms with Crippen molar-refractivity contribution in [2.45, 2.75) is 38.5 Å². The van der Waals surface area contributed by atoms with E-state index in [1.165, 1.54) is 0 Å². The Bertz CT molecular complexity index is 876. The molecule has 0 fully saturated rings. The van der Waals surface area contributed by atoms with Crippen LogP contribution in [0.25, 0.3) is 11.0 Å². The van der Waals surface area contributed by atoms with Gasteiger partial charge in [0.2, 0.25) is 5.91 Å². The van der Waals surface area contributed by atoms with E-state index in [9.17, 15) is 4.79 Å². The Balaban J connectivity index is 1.63. The van der Waals surface area contributed by atoms with Gasteiger partial charge in [-0.1, -0.05) is 37.6 Å². The Morgan fingerprint density at radius 3 is 2.78 bits per heavy atom. The number of carbonyl (C=O) groups excluding carboxylic acids is 1. The van der Waals surface area contributed by atoms with Crippen molar-refractivity contribution in [3.63, 3.8) is 0 Å². The standard InChI is InChI=1S/C22H26N2O2S/c1-3-4-11-21-19(18-10-5-6-12-20(18)26-21)14-24(2)22(25)16-27-15-17-9-7-8-13-23-17/h5-10,12-13H,3-4,11,14-16H2,1-2H3. The van der Waals surface area contributed by atoms with Crippen LogP contribution < -0.4 is 0 Å². The summed E-state index contributed by atoms with van der Waals surface area (Å²) in [5, 5.41) is 1.12. The normalized spacial score (nSPS) is 11.0. The molecule has 4 nitrogen and oxygen atoms in total. The van der Waals surface area contributed by atoms with Crippen LogP contribution in [-0.4, -0.2) is 28.6 Å². The summed E-state index contributed by atoms with van der Waals surface area (Å²) in [4.78, 5) is 18.7. The Morgan fingerprint density at radius 1 is 1.19 bits per heavy atom. The number of rotatable bonds is 9. The lowest BCUT2D eigenvalue weighted by Crippen LogP contribution is -2.28. The molecule has 0 saturated carbocycles. The number of amides is 1. The van der Waals surface area contributed by atoms with E-state index in [1.807, 2.05) is 43.4 Å². The minimum absolute atomic E-state index is 0.127. The van der Waals surface area contributed by atoms with Crippen LogP contribution in [0.4, 0.5) is 0 Å². The molecule has 0 aliphatic carbocycles. The van der Waals surface area contributed by atoms with E-state index in [4.69, 9.17) is 4.42 Å². The topological polar surface area (TPSA) is 46.3 Å². The second-order valence-corrected chi connectivity index (χ2v) is 7.65. The van der Waals surface area contributed by atoms with Crippen LogP contribution in [0.15, 0.2) is 53.1 Å². The first kappa shape index (κ1) is 19.5. The molecule has 0 atom stereocenters. The third-order valence-corrected chi connectivity index (χ3v) is 5.51. The van der Waals surface area contributed by atoms with E-state index in [0.29, 0.717) is 12.3 Å². The molecule has 27 heavy (non-hydrogen) atoms. The fraction of sp³-hybridized carbons (Fsp3) is 0.364. The van der Waals surface area contributed by atoms with Crippen LogP contribution in [0, 0.1) is 0 Å². The number of para-hydroxylation sites is 1. The molecule has 5 heteroatoms. The SMILES string of the molecule is CCCCc1oc2ccccc2c1CN(C)C(=O)CSCc1ccccn1. The van der Waals surface area contributed by atoms with Gasteiger partial charge >= 0.3 is 0 Å². The number of unbranched alkanes of at least 4 members (excludes halogenated alkanes) is 1. The third-order valence-electron chi connectivity index (χ3n) is 4.56. The average molecular weight is 383 g/mol. The molecule has 1 aromatic carbocycles. The molecule has 142 valence electrons. The molecule has 3 aromatic rings. The van der Waals surface area contributed by atoms with E-state index >= 15 is 0 Å². The lowest BCUT2D eigenvalue weighted by atomic mass is 10.1. The maximum absolute atomic E-state index is 12.6. The monoisotopic (exact) mass is 382 g/mol. The Morgan fingerprint density at radius 2 is 2.00 bits per heavy atom. The second kappa shape index (κ2) is 9.60. The second-order valence-electron chi connectivity index (χ2n) is 6.67. The van der Waals surface area contributed by atoms with Crippen LogP contribution in [0.5, 0.6) is 0 Å². The molecule has 1 amide bonds. The number of fused-ring (bicyclic) bond motifs is 1. The Hall–Kier alpha value is -2.27. The van der Waals surface area contributed by atoms with Gasteiger partial charge < -0.3 is 9.32 Å². The molecule has 0 aliphatic heterocycles. The van der Waals surface area contributed by atoms with Gasteiger partial charge in [-0.05, 0) is 24.6 Å². The quantitative estimate of drug-likeness (QED) is 0.519. The van der Waals surface area contributed by atoms with Gasteiger partial charge in [-0.15, -0.1) is 11.8 Å². The molecule has 0 saturated heterocycles. The summed E-state index contributed by atoms with van der Waals surface area (Å²) >= 11 is 1.60. The summed E-state index contributed by atoms with van der Waals surface area (Å²) in [6, 6.07) is 13.9. The zero-order valence-electron chi connectivity index (χ0n) is 16.0. The Labute approximate surface area is 165 Å². The number of carbonyl (C=O) groups is 1. The zero-order chi connectivity index (χ0) is 19.1. The van der Waals surface area contributed by atoms with Crippen molar-refractivity contribution in [3.8, 4) is 0 Å². The molecule has 0 bridgehead atoms. The highest BCUT2D eigenvalue weighted by atomic mass is 32.2. The van der Waals surface area contributed by atoms with Gasteiger partial charge in [0, 0.05) is 42.9 Å². The van der Waals surface area contributed by atoms with Crippen molar-refractivity contribution in [1.29, 1.82) is 0 Å². The van der Waals surface area contributed by atoms with Crippen molar-refractivity contribution in [3.05, 3.63) is 65.7 Å². The smallest absolute Gasteiger partial charge is 0.232 e. The minimum atomic E-state index is 0.127. The number of hydrogen-bond acceptors (Lipinski definition) is 4. The van der Waals surface area contributed by atoms with Gasteiger partial charge in [-0.25, -0.2) is 0 Å². The predicted molar refractivity (Wildman–Crippen MR) is 112 cm³/mol. The van der Waals surface area contributed by atoms with Crippen LogP contribution in [0.3, 0.4) is 0 Å². The third kappa shape index (κ3) is 5.13. The fourth-order valence-corrected chi connectivity index (χ4v) is 3.90. The summed E-state index contributed by atoms with van der Waals surface area (Å²) in [6.45, 7) is 2.76. The molecule has 0 radical (unpaired) electrons. The van der Waals surface area contributed by atoms with Gasteiger partial charge in [0.25, 0.3) is 0 Å². The van der Waals surface area contributed by atoms with Crippen LogP contribution >= 0.6 is 11.8 Å². The molecule has 0 unspecified atom stereocenters. The number of pyridine rings is 1. The molecular weight excluding hydrogens is 356 g/mol. The highest BCUT2D eigenvalue weighted by molar-refractivity contribution is 7.99. The van der Waals surface area contributed by atoms with E-state index in [-0.39, 0.29) is 5.91 Å². The summed E-state index contributed by atoms with van der Waals surface area (Å²) < 4.78 is 6.07. The largest absolute Gasteiger partial charge is 0.461 e. The van der Waals surface area contributed by atoms with Crippen LogP contribution in [0.2, 0.25) is 0 Å². The summed E-state index contributed by atoms with van der Waals surface area (Å²) in [7, 11) is 1.87. The predicted octanol–water partition coefficient (Wildman–Crippen LogP) is 5.06. The van der Waals surface area contributed by atoms with Gasteiger partial charge in [0.1, 0.15) is 11.3 Å². The molecule has 0 N–H and O–H groups in total. The number of hydrogen-bond donors (Lipinski definition) is 0. The van der Waals surface area contributed by atoms with Gasteiger partial charge in [0.15, 0.2) is 0 Å². The van der Waals surface area contributed by atoms with E-state index in [2.05, 4.69) is 18.0 Å². The van der Waals surface area contributed by atoms with Crippen molar-refractivity contribution in [2.24, 2.45) is 0 Å². The van der Waals surface area contributed by atoms with E-state index in [1.54, 1.807) is 22.9 Å². The number of benzene rings is 1. The molecule has 0 aliphatic rings. The summed E-state index contributed by atoms with van der Waals surface area (Å²) in [6.07, 6.45) is 4.91. The maximum Gasteiger partial charge on any atom is 0.232 e. The fourth-order valence-electron chi connectivity index (χ4n) is 3.02. The van der Waals surface area contributed by atoms with Crippen molar-refractivity contribution in [2.75, 3.05) is 12.8 Å². The van der Waals surface area contributed by atoms with Crippen LogP contribution in [0.1, 0.15) is 36.8 Å². The van der Waals surface area contributed by atoms with Crippen LogP contribution in [-0.2, 0) is 23.5 Å². The molecular formula is C22H26N2O2S. The van der Waals surface area contributed by atoms with Gasteiger partial charge in [-0.3, -0.25) is 9.78 Å².